The van der Waals surface area contributed by atoms with Gasteiger partial charge in [-0.25, -0.2) is 4.74 Å². The molecule has 0 saturated carbocycles. The van der Waals surface area contributed by atoms with E-state index in [1.54, 1.807) is 6.08 Å². The maximum absolute atomic E-state index is 11.0. The Morgan fingerprint density at radius 3 is 2.10 bits per heavy atom. The summed E-state index contributed by atoms with van der Waals surface area (Å²) in [6.45, 7) is 7.51. The lowest BCUT2D eigenvalue weighted by Gasteiger charge is -2.17. The van der Waals surface area contributed by atoms with Gasteiger partial charge in [-0.1, -0.05) is 6.08 Å². The third-order valence-corrected chi connectivity index (χ3v) is 1.08. The Hall–Kier alpha value is -0.790. The van der Waals surface area contributed by atoms with E-state index in [0.717, 1.165) is 4.74 Å². The van der Waals surface area contributed by atoms with Crippen LogP contribution in [0.15, 0.2) is 12.2 Å². The molecular weight excluding hydrogens is 126 g/mol. The van der Waals surface area contributed by atoms with Gasteiger partial charge in [0.05, 0.1) is 0 Å². The molecule has 0 aliphatic carbocycles. The zero-order valence-corrected chi connectivity index (χ0v) is 7.09. The SMILES string of the molecule is C/C=C/C=[N+](\[O-])C(C)(C)C. The van der Waals surface area contributed by atoms with Crippen molar-refractivity contribution < 1.29 is 4.74 Å². The lowest BCUT2D eigenvalue weighted by atomic mass is 10.1. The molecule has 0 bridgehead atoms. The fourth-order valence-corrected chi connectivity index (χ4v) is 0.388. The van der Waals surface area contributed by atoms with Gasteiger partial charge in [0, 0.05) is 20.8 Å². The van der Waals surface area contributed by atoms with Gasteiger partial charge in [-0.05, 0) is 13.0 Å². The fraction of sp³-hybridized carbons (Fsp3) is 0.625. The molecule has 0 atom stereocenters. The van der Waals surface area contributed by atoms with Crippen LogP contribution in [0.3, 0.4) is 0 Å². The lowest BCUT2D eigenvalue weighted by Crippen LogP contribution is -2.28. The number of rotatable bonds is 1. The van der Waals surface area contributed by atoms with Gasteiger partial charge in [0.1, 0.15) is 0 Å². The number of nitrogens with zero attached hydrogens (tertiary/aromatic N) is 1. The maximum Gasteiger partial charge on any atom is 0.174 e. The summed E-state index contributed by atoms with van der Waals surface area (Å²) in [4.78, 5) is 0. The zero-order chi connectivity index (χ0) is 8.20. The topological polar surface area (TPSA) is 26.1 Å². The molecule has 0 fully saturated rings. The molecule has 0 amide bonds. The molecule has 0 saturated heterocycles. The van der Waals surface area contributed by atoms with Crippen molar-refractivity contribution in [1.82, 2.24) is 0 Å². The summed E-state index contributed by atoms with van der Waals surface area (Å²) in [7, 11) is 0. The monoisotopic (exact) mass is 141 g/mol. The van der Waals surface area contributed by atoms with E-state index >= 15 is 0 Å². The van der Waals surface area contributed by atoms with Crippen molar-refractivity contribution >= 4 is 6.21 Å². The van der Waals surface area contributed by atoms with Crippen molar-refractivity contribution in [3.05, 3.63) is 17.4 Å². The van der Waals surface area contributed by atoms with Gasteiger partial charge >= 0.3 is 0 Å². The molecule has 0 unspecified atom stereocenters. The van der Waals surface area contributed by atoms with Crippen LogP contribution in [-0.4, -0.2) is 16.5 Å². The molecule has 2 nitrogen and oxygen atoms in total. The van der Waals surface area contributed by atoms with E-state index in [9.17, 15) is 5.21 Å². The molecule has 0 aliphatic heterocycles. The van der Waals surface area contributed by atoms with Crippen LogP contribution in [0.4, 0.5) is 0 Å². The standard InChI is InChI=1S/C8H15NO/c1-5-6-7-9(10)8(2,3)4/h5-7H,1-4H3/b6-5+,9-7-. The molecular formula is C8H15NO. The average molecular weight is 141 g/mol. The van der Waals surface area contributed by atoms with Crippen LogP contribution in [0.1, 0.15) is 27.7 Å². The highest BCUT2D eigenvalue weighted by molar-refractivity contribution is 5.66. The average Bonchev–Trinajstić information content (AvgIpc) is 1.80. The molecule has 0 spiro atoms. The van der Waals surface area contributed by atoms with Crippen molar-refractivity contribution in [2.24, 2.45) is 0 Å². The molecule has 0 aromatic carbocycles. The Bertz CT molecular complexity index is 151. The summed E-state index contributed by atoms with van der Waals surface area (Å²) in [5.74, 6) is 0. The van der Waals surface area contributed by atoms with Gasteiger partial charge in [-0.3, -0.25) is 0 Å². The van der Waals surface area contributed by atoms with Crippen molar-refractivity contribution in [3.63, 3.8) is 0 Å². The van der Waals surface area contributed by atoms with Gasteiger partial charge in [-0.15, -0.1) is 0 Å². The number of allylic oxidation sites excluding steroid dienone is 2. The Morgan fingerprint density at radius 1 is 1.30 bits per heavy atom. The maximum atomic E-state index is 11.0. The Morgan fingerprint density at radius 2 is 1.80 bits per heavy atom. The Kier molecular flexibility index (Phi) is 3.13. The molecule has 0 rings (SSSR count). The quantitative estimate of drug-likeness (QED) is 0.237. The van der Waals surface area contributed by atoms with Crippen LogP contribution in [0.5, 0.6) is 0 Å². The van der Waals surface area contributed by atoms with Crippen LogP contribution in [0.25, 0.3) is 0 Å². The predicted molar refractivity (Wildman–Crippen MR) is 44.3 cm³/mol. The highest BCUT2D eigenvalue weighted by Gasteiger charge is 2.16. The summed E-state index contributed by atoms with van der Waals surface area (Å²) in [6.07, 6.45) is 5.09. The van der Waals surface area contributed by atoms with Crippen molar-refractivity contribution in [2.75, 3.05) is 0 Å². The zero-order valence-electron chi connectivity index (χ0n) is 7.09. The van der Waals surface area contributed by atoms with Gasteiger partial charge in [0.15, 0.2) is 11.8 Å². The van der Waals surface area contributed by atoms with Crippen molar-refractivity contribution in [1.29, 1.82) is 0 Å². The third-order valence-electron chi connectivity index (χ3n) is 1.08. The summed E-state index contributed by atoms with van der Waals surface area (Å²) in [5.41, 5.74) is -0.320. The van der Waals surface area contributed by atoms with Crippen molar-refractivity contribution in [2.45, 2.75) is 33.2 Å². The first-order valence-corrected chi connectivity index (χ1v) is 3.41. The largest absolute Gasteiger partial charge is 0.623 e. The molecule has 58 valence electrons. The summed E-state index contributed by atoms with van der Waals surface area (Å²) < 4.78 is 0.938. The van der Waals surface area contributed by atoms with E-state index in [4.69, 9.17) is 0 Å². The third kappa shape index (κ3) is 3.28. The van der Waals surface area contributed by atoms with Crippen LogP contribution >= 0.6 is 0 Å². The van der Waals surface area contributed by atoms with Gasteiger partial charge < -0.3 is 5.21 Å². The molecule has 10 heavy (non-hydrogen) atoms. The summed E-state index contributed by atoms with van der Waals surface area (Å²) in [5, 5.41) is 11.0. The molecule has 2 heteroatoms. The second-order valence-electron chi connectivity index (χ2n) is 3.17. The number of hydroxylamine groups is 1. The lowest BCUT2D eigenvalue weighted by molar-refractivity contribution is -0.530. The van der Waals surface area contributed by atoms with Crippen LogP contribution in [-0.2, 0) is 0 Å². The highest BCUT2D eigenvalue weighted by atomic mass is 16.5. The number of hydrogen-bond donors (Lipinski definition) is 0. The van der Waals surface area contributed by atoms with Gasteiger partial charge in [0.2, 0.25) is 0 Å². The van der Waals surface area contributed by atoms with E-state index in [-0.39, 0.29) is 5.54 Å². The minimum atomic E-state index is -0.320. The molecule has 0 N–H and O–H groups in total. The van der Waals surface area contributed by atoms with E-state index in [2.05, 4.69) is 0 Å². The number of hydrogen-bond acceptors (Lipinski definition) is 1. The Balaban J connectivity index is 4.20. The smallest absolute Gasteiger partial charge is 0.174 e. The fourth-order valence-electron chi connectivity index (χ4n) is 0.388. The summed E-state index contributed by atoms with van der Waals surface area (Å²) in [6, 6.07) is 0. The molecule has 0 aliphatic rings. The second-order valence-corrected chi connectivity index (χ2v) is 3.17. The second kappa shape index (κ2) is 3.40. The van der Waals surface area contributed by atoms with E-state index in [1.165, 1.54) is 6.21 Å². The first-order valence-electron chi connectivity index (χ1n) is 3.41. The van der Waals surface area contributed by atoms with E-state index in [0.29, 0.717) is 0 Å². The Labute approximate surface area is 62.5 Å². The molecule has 0 aromatic rings. The molecule has 0 radical (unpaired) electrons. The minimum absolute atomic E-state index is 0.320. The summed E-state index contributed by atoms with van der Waals surface area (Å²) >= 11 is 0. The minimum Gasteiger partial charge on any atom is -0.623 e. The van der Waals surface area contributed by atoms with E-state index in [1.807, 2.05) is 33.8 Å². The van der Waals surface area contributed by atoms with Crippen LogP contribution < -0.4 is 0 Å². The van der Waals surface area contributed by atoms with Gasteiger partial charge in [0.25, 0.3) is 0 Å². The highest BCUT2D eigenvalue weighted by Crippen LogP contribution is 2.03. The predicted octanol–water partition coefficient (Wildman–Crippen LogP) is 1.94. The molecule has 0 heterocycles. The van der Waals surface area contributed by atoms with Crippen LogP contribution in [0.2, 0.25) is 0 Å². The van der Waals surface area contributed by atoms with Crippen molar-refractivity contribution in [3.8, 4) is 0 Å². The van der Waals surface area contributed by atoms with Crippen LogP contribution in [0, 0.1) is 5.21 Å². The first-order chi connectivity index (χ1) is 4.48. The van der Waals surface area contributed by atoms with E-state index < -0.39 is 0 Å². The molecule has 0 aromatic heterocycles. The first kappa shape index (κ1) is 9.21. The normalized spacial score (nSPS) is 14.6. The van der Waals surface area contributed by atoms with Gasteiger partial charge in [-0.2, -0.15) is 0 Å².